The lowest BCUT2D eigenvalue weighted by molar-refractivity contribution is -0.385. The standard InChI is InChI=1S/C20H22N2O4/c1-4-12-26-19-10-8-16(13-18(19)22(24)25)9-11-20(23)21-17-7-5-6-14(2)15(17)3/h5-11,13H,4,12H2,1-3H3,(H,21,23)/b11-9+. The molecule has 0 spiro atoms. The van der Waals surface area contributed by atoms with Crippen molar-refractivity contribution in [3.05, 3.63) is 69.3 Å². The van der Waals surface area contributed by atoms with Crippen LogP contribution in [0, 0.1) is 24.0 Å². The number of rotatable bonds is 7. The van der Waals surface area contributed by atoms with E-state index in [0.29, 0.717) is 12.2 Å². The lowest BCUT2D eigenvalue weighted by Crippen LogP contribution is -2.09. The molecule has 26 heavy (non-hydrogen) atoms. The molecule has 0 aliphatic carbocycles. The second-order valence-electron chi connectivity index (χ2n) is 5.90. The molecular weight excluding hydrogens is 332 g/mol. The van der Waals surface area contributed by atoms with Crippen molar-refractivity contribution in [1.29, 1.82) is 0 Å². The SMILES string of the molecule is CCCOc1ccc(/C=C/C(=O)Nc2cccc(C)c2C)cc1[N+](=O)[O-]. The summed E-state index contributed by atoms with van der Waals surface area (Å²) in [6, 6.07) is 10.3. The molecule has 2 rings (SSSR count). The van der Waals surface area contributed by atoms with Gasteiger partial charge in [0.15, 0.2) is 5.75 Å². The maximum Gasteiger partial charge on any atom is 0.311 e. The van der Waals surface area contributed by atoms with Crippen molar-refractivity contribution in [2.24, 2.45) is 0 Å². The summed E-state index contributed by atoms with van der Waals surface area (Å²) in [4.78, 5) is 22.8. The molecule has 0 heterocycles. The highest BCUT2D eigenvalue weighted by Gasteiger charge is 2.15. The van der Waals surface area contributed by atoms with Crippen LogP contribution in [0.2, 0.25) is 0 Å². The summed E-state index contributed by atoms with van der Waals surface area (Å²) in [5.41, 5.74) is 3.27. The van der Waals surface area contributed by atoms with E-state index in [2.05, 4.69) is 5.32 Å². The smallest absolute Gasteiger partial charge is 0.311 e. The van der Waals surface area contributed by atoms with Crippen LogP contribution in [-0.2, 0) is 4.79 Å². The maximum absolute atomic E-state index is 12.1. The van der Waals surface area contributed by atoms with Crippen molar-refractivity contribution in [2.45, 2.75) is 27.2 Å². The van der Waals surface area contributed by atoms with Crippen LogP contribution >= 0.6 is 0 Å². The summed E-state index contributed by atoms with van der Waals surface area (Å²) in [7, 11) is 0. The van der Waals surface area contributed by atoms with E-state index >= 15 is 0 Å². The minimum atomic E-state index is -0.488. The molecule has 1 amide bonds. The number of anilines is 1. The fourth-order valence-electron chi connectivity index (χ4n) is 2.35. The molecule has 2 aromatic carbocycles. The Morgan fingerprint density at radius 2 is 2.04 bits per heavy atom. The van der Waals surface area contributed by atoms with Gasteiger partial charge < -0.3 is 10.1 Å². The first kappa shape index (κ1) is 19.2. The van der Waals surface area contributed by atoms with Gasteiger partial charge in [-0.05, 0) is 55.2 Å². The first-order valence-electron chi connectivity index (χ1n) is 8.39. The Kier molecular flexibility index (Phi) is 6.49. The van der Waals surface area contributed by atoms with Crippen LogP contribution < -0.4 is 10.1 Å². The van der Waals surface area contributed by atoms with E-state index in [0.717, 1.165) is 23.2 Å². The van der Waals surface area contributed by atoms with Crippen LogP contribution in [0.1, 0.15) is 30.0 Å². The molecule has 6 heteroatoms. The highest BCUT2D eigenvalue weighted by Crippen LogP contribution is 2.28. The van der Waals surface area contributed by atoms with Gasteiger partial charge in [0.2, 0.25) is 5.91 Å². The number of nitrogens with zero attached hydrogens (tertiary/aromatic N) is 1. The number of benzene rings is 2. The molecular formula is C20H22N2O4. The average Bonchev–Trinajstić information content (AvgIpc) is 2.62. The third-order valence-electron chi connectivity index (χ3n) is 3.93. The van der Waals surface area contributed by atoms with E-state index in [4.69, 9.17) is 4.74 Å². The number of hydrogen-bond donors (Lipinski definition) is 1. The van der Waals surface area contributed by atoms with Crippen LogP contribution in [0.4, 0.5) is 11.4 Å². The molecule has 0 aliphatic rings. The van der Waals surface area contributed by atoms with E-state index in [1.807, 2.05) is 39.0 Å². The number of nitro groups is 1. The number of aryl methyl sites for hydroxylation is 1. The zero-order valence-electron chi connectivity index (χ0n) is 15.1. The fourth-order valence-corrected chi connectivity index (χ4v) is 2.35. The Balaban J connectivity index is 2.14. The summed E-state index contributed by atoms with van der Waals surface area (Å²) in [6.45, 7) is 6.25. The minimum absolute atomic E-state index is 0.115. The van der Waals surface area contributed by atoms with Gasteiger partial charge in [0.1, 0.15) is 0 Å². The normalized spacial score (nSPS) is 10.7. The highest BCUT2D eigenvalue weighted by atomic mass is 16.6. The fraction of sp³-hybridized carbons (Fsp3) is 0.250. The minimum Gasteiger partial charge on any atom is -0.487 e. The Bertz CT molecular complexity index is 844. The van der Waals surface area contributed by atoms with E-state index in [1.165, 1.54) is 18.2 Å². The number of carbonyl (C=O) groups is 1. The van der Waals surface area contributed by atoms with Crippen LogP contribution in [0.5, 0.6) is 5.75 Å². The molecule has 0 saturated heterocycles. The third-order valence-corrected chi connectivity index (χ3v) is 3.93. The van der Waals surface area contributed by atoms with Gasteiger partial charge >= 0.3 is 5.69 Å². The summed E-state index contributed by atoms with van der Waals surface area (Å²) < 4.78 is 5.39. The second-order valence-corrected chi connectivity index (χ2v) is 5.90. The third kappa shape index (κ3) is 4.92. The highest BCUT2D eigenvalue weighted by molar-refractivity contribution is 6.02. The molecule has 0 saturated carbocycles. The molecule has 0 aromatic heterocycles. The lowest BCUT2D eigenvalue weighted by Gasteiger charge is -2.08. The summed E-state index contributed by atoms with van der Waals surface area (Å²) in [5, 5.41) is 14.0. The lowest BCUT2D eigenvalue weighted by atomic mass is 10.1. The van der Waals surface area contributed by atoms with Crippen molar-refractivity contribution in [3.8, 4) is 5.75 Å². The van der Waals surface area contributed by atoms with Crippen LogP contribution in [0.3, 0.4) is 0 Å². The van der Waals surface area contributed by atoms with Crippen LogP contribution in [0.15, 0.2) is 42.5 Å². The molecule has 6 nitrogen and oxygen atoms in total. The Morgan fingerprint density at radius 1 is 1.27 bits per heavy atom. The molecule has 136 valence electrons. The zero-order valence-corrected chi connectivity index (χ0v) is 15.1. The largest absolute Gasteiger partial charge is 0.487 e. The predicted octanol–water partition coefficient (Wildman–Crippen LogP) is 4.65. The molecule has 0 radical (unpaired) electrons. The first-order chi connectivity index (χ1) is 12.4. The molecule has 0 bridgehead atoms. The van der Waals surface area contributed by atoms with Gasteiger partial charge in [-0.25, -0.2) is 0 Å². The average molecular weight is 354 g/mol. The van der Waals surface area contributed by atoms with Crippen molar-refractivity contribution in [2.75, 3.05) is 11.9 Å². The number of ether oxygens (including phenoxy) is 1. The van der Waals surface area contributed by atoms with Gasteiger partial charge in [0.25, 0.3) is 0 Å². The number of nitrogens with one attached hydrogen (secondary N) is 1. The quantitative estimate of drug-likeness (QED) is 0.446. The van der Waals surface area contributed by atoms with Gasteiger partial charge in [-0.15, -0.1) is 0 Å². The number of nitro benzene ring substituents is 1. The molecule has 2 aromatic rings. The van der Waals surface area contributed by atoms with E-state index in [9.17, 15) is 14.9 Å². The Labute approximate surface area is 152 Å². The van der Waals surface area contributed by atoms with Crippen LogP contribution in [0.25, 0.3) is 6.08 Å². The number of carbonyl (C=O) groups excluding carboxylic acids is 1. The van der Waals surface area contributed by atoms with Crippen molar-refractivity contribution >= 4 is 23.4 Å². The molecule has 0 atom stereocenters. The van der Waals surface area contributed by atoms with E-state index in [-0.39, 0.29) is 17.3 Å². The van der Waals surface area contributed by atoms with E-state index in [1.54, 1.807) is 12.1 Å². The van der Waals surface area contributed by atoms with E-state index < -0.39 is 4.92 Å². The van der Waals surface area contributed by atoms with Crippen molar-refractivity contribution < 1.29 is 14.5 Å². The number of hydrogen-bond acceptors (Lipinski definition) is 4. The summed E-state index contributed by atoms with van der Waals surface area (Å²) in [6.07, 6.45) is 3.65. The monoisotopic (exact) mass is 354 g/mol. The Morgan fingerprint density at radius 3 is 2.73 bits per heavy atom. The summed E-state index contributed by atoms with van der Waals surface area (Å²) in [5.74, 6) is -0.0681. The molecule has 0 fully saturated rings. The molecule has 1 N–H and O–H groups in total. The Hall–Kier alpha value is -3.15. The summed E-state index contributed by atoms with van der Waals surface area (Å²) >= 11 is 0. The topological polar surface area (TPSA) is 81.5 Å². The van der Waals surface area contributed by atoms with Crippen molar-refractivity contribution in [1.82, 2.24) is 0 Å². The zero-order chi connectivity index (χ0) is 19.1. The number of amides is 1. The first-order valence-corrected chi connectivity index (χ1v) is 8.39. The van der Waals surface area contributed by atoms with Gasteiger partial charge in [0, 0.05) is 17.8 Å². The molecule has 0 aliphatic heterocycles. The predicted molar refractivity (Wildman–Crippen MR) is 102 cm³/mol. The van der Waals surface area contributed by atoms with Gasteiger partial charge in [-0.2, -0.15) is 0 Å². The van der Waals surface area contributed by atoms with Crippen molar-refractivity contribution in [3.63, 3.8) is 0 Å². The second kappa shape index (κ2) is 8.80. The van der Waals surface area contributed by atoms with Gasteiger partial charge in [-0.3, -0.25) is 14.9 Å². The van der Waals surface area contributed by atoms with Gasteiger partial charge in [-0.1, -0.05) is 25.1 Å². The molecule has 0 unspecified atom stereocenters. The maximum atomic E-state index is 12.1. The van der Waals surface area contributed by atoms with Crippen LogP contribution in [-0.4, -0.2) is 17.4 Å². The van der Waals surface area contributed by atoms with Gasteiger partial charge in [0.05, 0.1) is 11.5 Å².